The highest BCUT2D eigenvalue weighted by Gasteiger charge is 2.37. The quantitative estimate of drug-likeness (QED) is 0.382. The van der Waals surface area contributed by atoms with E-state index in [0.717, 1.165) is 16.9 Å². The van der Waals surface area contributed by atoms with Gasteiger partial charge in [-0.15, -0.1) is 0 Å². The fourth-order valence-electron chi connectivity index (χ4n) is 4.87. The molecule has 0 spiro atoms. The van der Waals surface area contributed by atoms with Crippen LogP contribution in [0.25, 0.3) is 16.6 Å². The van der Waals surface area contributed by atoms with Crippen molar-refractivity contribution in [2.24, 2.45) is 0 Å². The number of sulfonamides is 1. The van der Waals surface area contributed by atoms with Crippen molar-refractivity contribution in [3.05, 3.63) is 86.2 Å². The molecule has 0 atom stereocenters. The Morgan fingerprint density at radius 3 is 2.47 bits per heavy atom. The van der Waals surface area contributed by atoms with Crippen LogP contribution in [0.2, 0.25) is 5.02 Å². The number of anilines is 1. The number of nitrogens with one attached hydrogen (secondary N) is 1. The number of fused-ring (bicyclic) bond motifs is 2. The number of aromatic nitrogens is 2. The molecule has 0 fully saturated rings. The Labute approximate surface area is 214 Å². The number of halogens is 1. The lowest BCUT2D eigenvalue weighted by Crippen LogP contribution is -2.27. The summed E-state index contributed by atoms with van der Waals surface area (Å²) < 4.78 is 37.8. The van der Waals surface area contributed by atoms with E-state index in [9.17, 15) is 13.2 Å². The molecule has 0 radical (unpaired) electrons. The lowest BCUT2D eigenvalue weighted by atomic mass is 9.94. The minimum atomic E-state index is -4.14. The SMILES string of the molecule is Cc1c(C)c(S(=O)(=O)Nc2nc3ccccc3c(=O)n2-c2cccc(Cl)c2)c(C)c2c1OC(C)(C)C2. The first kappa shape index (κ1) is 24.3. The molecule has 9 heteroatoms. The molecule has 4 aromatic rings. The van der Waals surface area contributed by atoms with Crippen LogP contribution in [0.1, 0.15) is 36.1 Å². The van der Waals surface area contributed by atoms with Crippen LogP contribution in [0, 0.1) is 20.8 Å². The Bertz CT molecular complexity index is 1730. The first-order valence-corrected chi connectivity index (χ1v) is 13.4. The third-order valence-corrected chi connectivity index (χ3v) is 8.46. The molecule has 0 amide bonds. The first-order chi connectivity index (χ1) is 16.9. The van der Waals surface area contributed by atoms with Crippen LogP contribution in [0.3, 0.4) is 0 Å². The molecule has 5 rings (SSSR count). The second-order valence-corrected chi connectivity index (χ2v) is 11.8. The maximum Gasteiger partial charge on any atom is 0.267 e. The molecule has 1 aliphatic rings. The second-order valence-electron chi connectivity index (χ2n) is 9.73. The van der Waals surface area contributed by atoms with Gasteiger partial charge in [0.05, 0.1) is 21.5 Å². The highest BCUT2D eigenvalue weighted by atomic mass is 35.5. The number of hydrogen-bond acceptors (Lipinski definition) is 5. The predicted molar refractivity (Wildman–Crippen MR) is 142 cm³/mol. The Morgan fingerprint density at radius 1 is 1.03 bits per heavy atom. The van der Waals surface area contributed by atoms with E-state index in [2.05, 4.69) is 9.71 Å². The molecule has 0 unspecified atom stereocenters. The number of nitrogens with zero attached hydrogens (tertiary/aromatic N) is 2. The minimum absolute atomic E-state index is 0.116. The number of para-hydroxylation sites is 1. The number of hydrogen-bond donors (Lipinski definition) is 1. The maximum absolute atomic E-state index is 13.9. The Kier molecular flexibility index (Phi) is 5.65. The number of benzene rings is 3. The summed E-state index contributed by atoms with van der Waals surface area (Å²) in [5.74, 6) is 0.628. The van der Waals surface area contributed by atoms with Crippen molar-refractivity contribution in [3.8, 4) is 11.4 Å². The average molecular weight is 524 g/mol. The van der Waals surface area contributed by atoms with Gasteiger partial charge in [0.25, 0.3) is 15.6 Å². The van der Waals surface area contributed by atoms with E-state index in [1.807, 2.05) is 20.8 Å². The van der Waals surface area contributed by atoms with Crippen LogP contribution in [-0.4, -0.2) is 23.6 Å². The lowest BCUT2D eigenvalue weighted by molar-refractivity contribution is 0.137. The topological polar surface area (TPSA) is 90.3 Å². The summed E-state index contributed by atoms with van der Waals surface area (Å²) >= 11 is 6.20. The van der Waals surface area contributed by atoms with Gasteiger partial charge in [0.2, 0.25) is 5.95 Å². The van der Waals surface area contributed by atoms with Crippen molar-refractivity contribution >= 4 is 38.5 Å². The Balaban J connectivity index is 1.73. The van der Waals surface area contributed by atoms with Gasteiger partial charge in [-0.3, -0.25) is 4.79 Å². The molecule has 0 saturated heterocycles. The zero-order valence-electron chi connectivity index (χ0n) is 20.6. The first-order valence-electron chi connectivity index (χ1n) is 11.5. The van der Waals surface area contributed by atoms with Crippen LogP contribution >= 0.6 is 11.6 Å². The third kappa shape index (κ3) is 3.94. The molecule has 1 aliphatic heterocycles. The van der Waals surface area contributed by atoms with Crippen molar-refractivity contribution < 1.29 is 13.2 Å². The summed E-state index contributed by atoms with van der Waals surface area (Å²) in [6.07, 6.45) is 0.596. The summed E-state index contributed by atoms with van der Waals surface area (Å²) in [7, 11) is -4.14. The molecule has 0 saturated carbocycles. The summed E-state index contributed by atoms with van der Waals surface area (Å²) in [5.41, 5.74) is 2.83. The van der Waals surface area contributed by atoms with Gasteiger partial charge in [0, 0.05) is 17.0 Å². The normalized spacial score (nSPS) is 14.5. The smallest absolute Gasteiger partial charge is 0.267 e. The highest BCUT2D eigenvalue weighted by Crippen LogP contribution is 2.44. The van der Waals surface area contributed by atoms with Gasteiger partial charge in [-0.05, 0) is 81.6 Å². The molecule has 0 bridgehead atoms. The van der Waals surface area contributed by atoms with Crippen molar-refractivity contribution in [2.75, 3.05) is 4.72 Å². The van der Waals surface area contributed by atoms with E-state index >= 15 is 0 Å². The second kappa shape index (κ2) is 8.35. The summed E-state index contributed by atoms with van der Waals surface area (Å²) in [6, 6.07) is 13.5. The van der Waals surface area contributed by atoms with Gasteiger partial charge in [-0.1, -0.05) is 29.8 Å². The number of ether oxygens (including phenoxy) is 1. The molecule has 2 heterocycles. The van der Waals surface area contributed by atoms with E-state index in [1.54, 1.807) is 62.4 Å². The van der Waals surface area contributed by atoms with Gasteiger partial charge in [-0.2, -0.15) is 0 Å². The van der Waals surface area contributed by atoms with Gasteiger partial charge in [-0.25, -0.2) is 22.7 Å². The fourth-order valence-corrected chi connectivity index (χ4v) is 6.62. The van der Waals surface area contributed by atoms with Crippen LogP contribution < -0.4 is 15.0 Å². The van der Waals surface area contributed by atoms with Crippen molar-refractivity contribution in [1.82, 2.24) is 9.55 Å². The monoisotopic (exact) mass is 523 g/mol. The lowest BCUT2D eigenvalue weighted by Gasteiger charge is -2.20. The third-order valence-electron chi connectivity index (χ3n) is 6.63. The minimum Gasteiger partial charge on any atom is -0.487 e. The van der Waals surface area contributed by atoms with Crippen LogP contribution in [0.15, 0.2) is 58.2 Å². The average Bonchev–Trinajstić information content (AvgIpc) is 3.13. The molecule has 7 nitrogen and oxygen atoms in total. The summed E-state index contributed by atoms with van der Waals surface area (Å²) in [5, 5.41) is 0.769. The summed E-state index contributed by atoms with van der Waals surface area (Å²) in [4.78, 5) is 18.2. The molecule has 186 valence electrons. The Hall–Kier alpha value is -3.36. The van der Waals surface area contributed by atoms with Crippen molar-refractivity contribution in [1.29, 1.82) is 0 Å². The zero-order valence-corrected chi connectivity index (χ0v) is 22.2. The van der Waals surface area contributed by atoms with E-state index in [0.29, 0.717) is 39.2 Å². The highest BCUT2D eigenvalue weighted by molar-refractivity contribution is 7.92. The molecular formula is C27H26ClN3O4S. The molecule has 1 N–H and O–H groups in total. The van der Waals surface area contributed by atoms with Gasteiger partial charge >= 0.3 is 0 Å². The van der Waals surface area contributed by atoms with Crippen molar-refractivity contribution in [3.63, 3.8) is 0 Å². The molecule has 3 aromatic carbocycles. The Morgan fingerprint density at radius 2 is 1.75 bits per heavy atom. The standard InChI is InChI=1S/C27H26ClN3O4S/c1-15-16(2)24(17(3)21-14-27(4,5)35-23(15)21)36(33,34)30-26-29-22-12-7-6-11-20(22)25(32)31(26)19-10-8-9-18(28)13-19/h6-13H,14H2,1-5H3,(H,29,30). The molecule has 0 aliphatic carbocycles. The van der Waals surface area contributed by atoms with Gasteiger partial charge < -0.3 is 4.74 Å². The maximum atomic E-state index is 13.9. The van der Waals surface area contributed by atoms with Crippen molar-refractivity contribution in [2.45, 2.75) is 51.5 Å². The summed E-state index contributed by atoms with van der Waals surface area (Å²) in [6.45, 7) is 9.39. The molecule has 36 heavy (non-hydrogen) atoms. The zero-order chi connectivity index (χ0) is 26.0. The largest absolute Gasteiger partial charge is 0.487 e. The molecule has 1 aromatic heterocycles. The van der Waals surface area contributed by atoms with E-state index in [1.165, 1.54) is 4.57 Å². The van der Waals surface area contributed by atoms with E-state index < -0.39 is 21.2 Å². The van der Waals surface area contributed by atoms with Crippen LogP contribution in [-0.2, 0) is 16.4 Å². The molecular weight excluding hydrogens is 498 g/mol. The number of rotatable bonds is 4. The van der Waals surface area contributed by atoms with E-state index in [-0.39, 0.29) is 10.8 Å². The van der Waals surface area contributed by atoms with Gasteiger partial charge in [0.1, 0.15) is 11.4 Å². The van der Waals surface area contributed by atoms with E-state index in [4.69, 9.17) is 16.3 Å². The van der Waals surface area contributed by atoms with Crippen LogP contribution in [0.5, 0.6) is 5.75 Å². The predicted octanol–water partition coefficient (Wildman–Crippen LogP) is 5.48. The van der Waals surface area contributed by atoms with Crippen LogP contribution in [0.4, 0.5) is 5.95 Å². The fraction of sp³-hybridized carbons (Fsp3) is 0.259. The van der Waals surface area contributed by atoms with Gasteiger partial charge in [0.15, 0.2) is 0 Å².